The van der Waals surface area contributed by atoms with Crippen LogP contribution in [-0.2, 0) is 0 Å². The average molecular weight is 866 g/mol. The van der Waals surface area contributed by atoms with Crippen LogP contribution in [0.3, 0.4) is 0 Å². The van der Waals surface area contributed by atoms with E-state index in [0.29, 0.717) is 51.7 Å². The Morgan fingerprint density at radius 2 is 1.02 bits per heavy atom. The smallest absolute Gasteiger partial charge is 0.205 e. The summed E-state index contributed by atoms with van der Waals surface area (Å²) in [5, 5.41) is 3.20. The van der Waals surface area contributed by atoms with Gasteiger partial charge in [-0.15, -0.1) is 0 Å². The first-order valence-electron chi connectivity index (χ1n) is 18.9. The minimum absolute atomic E-state index is 0.382. The summed E-state index contributed by atoms with van der Waals surface area (Å²) in [6, 6.07) is 29.5. The molecule has 0 saturated carbocycles. The lowest BCUT2D eigenvalue weighted by Gasteiger charge is -2.34. The number of anilines is 2. The summed E-state index contributed by atoms with van der Waals surface area (Å²) in [6.45, 7) is 7.19. The molecule has 304 valence electrons. The van der Waals surface area contributed by atoms with Gasteiger partial charge in [0.05, 0.1) is 14.2 Å². The van der Waals surface area contributed by atoms with Crippen LogP contribution in [0.4, 0.5) is 19.0 Å². The SMILES string of the molecule is COc1ccc(C(F)CN2CCN(c3nc(-c4ccc(Cl)cc4)ns3)CC2)cc1.COc1cccc(C(F)CN2CCN(c3nc(-c4ccc(Cl)cc4)ns3)CC2)c1. The van der Waals surface area contributed by atoms with Gasteiger partial charge in [0.15, 0.2) is 11.6 Å². The number of methoxy groups -OCH3 is 2. The van der Waals surface area contributed by atoms with Gasteiger partial charge >= 0.3 is 0 Å². The fourth-order valence-electron chi connectivity index (χ4n) is 6.68. The maximum atomic E-state index is 14.7. The quantitative estimate of drug-likeness (QED) is 0.119. The molecule has 6 aromatic rings. The van der Waals surface area contributed by atoms with E-state index in [-0.39, 0.29) is 0 Å². The van der Waals surface area contributed by atoms with E-state index in [1.807, 2.05) is 66.7 Å². The van der Waals surface area contributed by atoms with Gasteiger partial charge < -0.3 is 19.3 Å². The Bertz CT molecular complexity index is 2180. The van der Waals surface area contributed by atoms with Crippen molar-refractivity contribution in [1.82, 2.24) is 28.5 Å². The first-order chi connectivity index (χ1) is 28.2. The fraction of sp³-hybridized carbons (Fsp3) is 0.333. The summed E-state index contributed by atoms with van der Waals surface area (Å²) in [5.74, 6) is 2.85. The summed E-state index contributed by atoms with van der Waals surface area (Å²) in [7, 11) is 3.20. The Kier molecular flexibility index (Phi) is 14.4. The fourth-order valence-corrected chi connectivity index (χ4v) is 8.41. The molecule has 2 aromatic heterocycles. The van der Waals surface area contributed by atoms with Crippen LogP contribution >= 0.6 is 46.3 Å². The van der Waals surface area contributed by atoms with Crippen LogP contribution in [0.2, 0.25) is 10.0 Å². The van der Waals surface area contributed by atoms with E-state index in [0.717, 1.165) is 79.5 Å². The molecule has 0 radical (unpaired) electrons. The second-order valence-corrected chi connectivity index (χ2v) is 16.2. The van der Waals surface area contributed by atoms with Gasteiger partial charge in [0.1, 0.15) is 23.8 Å². The van der Waals surface area contributed by atoms with Crippen LogP contribution in [0, 0.1) is 0 Å². The summed E-state index contributed by atoms with van der Waals surface area (Å²) in [4.78, 5) is 18.1. The Labute approximate surface area is 355 Å². The van der Waals surface area contributed by atoms with Crippen LogP contribution < -0.4 is 19.3 Å². The van der Waals surface area contributed by atoms with E-state index in [9.17, 15) is 8.78 Å². The minimum Gasteiger partial charge on any atom is -0.497 e. The standard InChI is InChI=1S/2C21H22ClFN4OS/c1-28-18-8-4-15(5-9-18)19(23)14-26-10-12-27(13-11-26)21-24-20(25-29-21)16-2-6-17(22)7-3-16;1-28-18-4-2-3-16(13-18)19(23)14-26-9-11-27(12-10-26)21-24-20(25-29-21)15-5-7-17(22)8-6-15/h2-9,19H,10-14H2,1H3;2-8,13,19H,9-12,14H2,1H3. The van der Waals surface area contributed by atoms with Gasteiger partial charge in [-0.2, -0.15) is 18.7 Å². The largest absolute Gasteiger partial charge is 0.497 e. The number of hydrogen-bond donors (Lipinski definition) is 0. The molecule has 0 amide bonds. The minimum atomic E-state index is -1.03. The van der Waals surface area contributed by atoms with Gasteiger partial charge in [-0.1, -0.05) is 47.5 Å². The van der Waals surface area contributed by atoms with Crippen molar-refractivity contribution in [3.63, 3.8) is 0 Å². The normalized spacial score (nSPS) is 16.0. The number of rotatable bonds is 12. The van der Waals surface area contributed by atoms with E-state index < -0.39 is 12.3 Å². The molecule has 10 nitrogen and oxygen atoms in total. The van der Waals surface area contributed by atoms with Crippen molar-refractivity contribution in [2.24, 2.45) is 0 Å². The van der Waals surface area contributed by atoms with Crippen LogP contribution in [0.25, 0.3) is 22.8 Å². The van der Waals surface area contributed by atoms with E-state index >= 15 is 0 Å². The zero-order valence-corrected chi connectivity index (χ0v) is 35.3. The molecular weight excluding hydrogens is 822 g/mol. The number of aromatic nitrogens is 4. The summed E-state index contributed by atoms with van der Waals surface area (Å²) < 4.78 is 48.7. The molecule has 0 bridgehead atoms. The molecule has 2 saturated heterocycles. The van der Waals surface area contributed by atoms with Gasteiger partial charge in [0.25, 0.3) is 0 Å². The lowest BCUT2D eigenvalue weighted by molar-refractivity contribution is 0.184. The lowest BCUT2D eigenvalue weighted by atomic mass is 10.1. The molecule has 8 rings (SSSR count). The number of benzene rings is 4. The highest BCUT2D eigenvalue weighted by Gasteiger charge is 2.25. The van der Waals surface area contributed by atoms with E-state index in [4.69, 9.17) is 32.7 Å². The number of ether oxygens (including phenoxy) is 2. The maximum absolute atomic E-state index is 14.7. The van der Waals surface area contributed by atoms with Crippen molar-refractivity contribution in [2.45, 2.75) is 12.3 Å². The van der Waals surface area contributed by atoms with Crippen molar-refractivity contribution >= 4 is 56.5 Å². The zero-order chi connectivity index (χ0) is 40.4. The highest BCUT2D eigenvalue weighted by molar-refractivity contribution is 7.10. The predicted molar refractivity (Wildman–Crippen MR) is 232 cm³/mol. The van der Waals surface area contributed by atoms with Crippen LogP contribution in [0.15, 0.2) is 97.1 Å². The highest BCUT2D eigenvalue weighted by Crippen LogP contribution is 2.29. The molecule has 0 N–H and O–H groups in total. The Morgan fingerprint density at radius 3 is 1.47 bits per heavy atom. The monoisotopic (exact) mass is 864 g/mol. The topological polar surface area (TPSA) is 83.0 Å². The van der Waals surface area contributed by atoms with Crippen LogP contribution in [0.5, 0.6) is 11.5 Å². The van der Waals surface area contributed by atoms with E-state index in [1.165, 1.54) is 23.1 Å². The summed E-state index contributed by atoms with van der Waals surface area (Å²) in [6.07, 6.45) is -2.04. The Balaban J connectivity index is 0.000000177. The van der Waals surface area contributed by atoms with Gasteiger partial charge in [-0.05, 0) is 83.9 Å². The van der Waals surface area contributed by atoms with Crippen molar-refractivity contribution in [3.05, 3.63) is 118 Å². The first kappa shape index (κ1) is 41.7. The number of alkyl halides is 2. The van der Waals surface area contributed by atoms with Gasteiger partial charge in [-0.25, -0.2) is 8.78 Å². The van der Waals surface area contributed by atoms with E-state index in [2.05, 4.69) is 38.3 Å². The third-order valence-electron chi connectivity index (χ3n) is 10.1. The van der Waals surface area contributed by atoms with E-state index in [1.54, 1.807) is 44.6 Å². The second-order valence-electron chi connectivity index (χ2n) is 13.9. The summed E-state index contributed by atoms with van der Waals surface area (Å²) >= 11 is 14.7. The zero-order valence-electron chi connectivity index (χ0n) is 32.2. The van der Waals surface area contributed by atoms with Gasteiger partial charge in [-0.3, -0.25) is 9.80 Å². The molecule has 4 heterocycles. The van der Waals surface area contributed by atoms with Gasteiger partial charge in [0, 0.05) is 110 Å². The average Bonchev–Trinajstić information content (AvgIpc) is 3.97. The molecule has 58 heavy (non-hydrogen) atoms. The molecule has 0 spiro atoms. The number of nitrogens with zero attached hydrogens (tertiary/aromatic N) is 8. The second kappa shape index (κ2) is 20.0. The van der Waals surface area contributed by atoms with Crippen molar-refractivity contribution in [1.29, 1.82) is 0 Å². The molecule has 2 aliphatic heterocycles. The Hall–Kier alpha value is -4.44. The lowest BCUT2D eigenvalue weighted by Crippen LogP contribution is -2.47. The summed E-state index contributed by atoms with van der Waals surface area (Å²) in [5.41, 5.74) is 3.25. The van der Waals surface area contributed by atoms with Crippen molar-refractivity contribution in [3.8, 4) is 34.3 Å². The van der Waals surface area contributed by atoms with Gasteiger partial charge in [0.2, 0.25) is 10.3 Å². The Morgan fingerprint density at radius 1 is 0.569 bits per heavy atom. The number of piperazine rings is 2. The molecular formula is C42H44Cl2F2N8O2S2. The van der Waals surface area contributed by atoms with Crippen molar-refractivity contribution in [2.75, 3.05) is 89.5 Å². The molecule has 4 aromatic carbocycles. The highest BCUT2D eigenvalue weighted by atomic mass is 35.5. The van der Waals surface area contributed by atoms with Crippen LogP contribution in [-0.4, -0.2) is 108 Å². The number of halogens is 4. The maximum Gasteiger partial charge on any atom is 0.205 e. The molecule has 2 fully saturated rings. The van der Waals surface area contributed by atoms with Crippen molar-refractivity contribution < 1.29 is 18.3 Å². The molecule has 2 unspecified atom stereocenters. The first-order valence-corrected chi connectivity index (χ1v) is 21.2. The van der Waals surface area contributed by atoms with Crippen LogP contribution in [0.1, 0.15) is 23.5 Å². The predicted octanol–water partition coefficient (Wildman–Crippen LogP) is 9.40. The molecule has 0 aliphatic carbocycles. The third kappa shape index (κ3) is 11.0. The third-order valence-corrected chi connectivity index (χ3v) is 12.1. The molecule has 2 aliphatic rings. The molecule has 2 atom stereocenters. The molecule has 16 heteroatoms. The number of hydrogen-bond acceptors (Lipinski definition) is 12.